The predicted molar refractivity (Wildman–Crippen MR) is 62.7 cm³/mol. The highest BCUT2D eigenvalue weighted by molar-refractivity contribution is 5.23. The second-order valence-corrected chi connectivity index (χ2v) is 4.49. The maximum Gasteiger partial charge on any atom is 0.351 e. The summed E-state index contributed by atoms with van der Waals surface area (Å²) in [5, 5.41) is 9.28. The first-order chi connectivity index (χ1) is 8.48. The highest BCUT2D eigenvalue weighted by atomic mass is 19.1. The van der Waals surface area contributed by atoms with E-state index >= 15 is 0 Å². The van der Waals surface area contributed by atoms with Crippen LogP contribution in [-0.4, -0.2) is 33.0 Å². The maximum atomic E-state index is 13.5. The number of nitrogens with two attached hydrogens (primary N) is 1. The molecule has 0 bridgehead atoms. The van der Waals surface area contributed by atoms with Gasteiger partial charge in [-0.1, -0.05) is 0 Å². The van der Waals surface area contributed by atoms with Gasteiger partial charge in [0.05, 0.1) is 6.61 Å². The fourth-order valence-electron chi connectivity index (χ4n) is 2.13. The quantitative estimate of drug-likeness (QED) is 0.808. The molecule has 1 aromatic rings. The largest absolute Gasteiger partial charge is 0.393 e. The third-order valence-electron chi connectivity index (χ3n) is 3.34. The Morgan fingerprint density at radius 2 is 2.56 bits per heavy atom. The fraction of sp³-hybridized carbons (Fsp3) is 0.636. The van der Waals surface area contributed by atoms with Crippen molar-refractivity contribution in [1.29, 1.82) is 0 Å². The molecule has 6 nitrogen and oxygen atoms in total. The Kier molecular flexibility index (Phi) is 3.36. The summed E-state index contributed by atoms with van der Waals surface area (Å²) >= 11 is 0. The molecule has 3 atom stereocenters. The van der Waals surface area contributed by atoms with Gasteiger partial charge < -0.3 is 15.6 Å². The minimum atomic E-state index is -1.31. The number of hydrogen-bond acceptors (Lipinski definition) is 5. The summed E-state index contributed by atoms with van der Waals surface area (Å²) < 4.78 is 20.3. The number of halogens is 1. The van der Waals surface area contributed by atoms with Gasteiger partial charge in [0.1, 0.15) is 23.8 Å². The summed E-state index contributed by atoms with van der Waals surface area (Å²) in [4.78, 5) is 15.2. The minimum absolute atomic E-state index is 0.126. The zero-order valence-corrected chi connectivity index (χ0v) is 10.0. The molecule has 1 saturated heterocycles. The molecule has 0 spiro atoms. The third-order valence-corrected chi connectivity index (χ3v) is 3.34. The topological polar surface area (TPSA) is 90.4 Å². The first-order valence-corrected chi connectivity index (χ1v) is 5.76. The molecule has 1 fully saturated rings. The van der Waals surface area contributed by atoms with Gasteiger partial charge >= 0.3 is 5.69 Å². The number of nitrogen functional groups attached to an aromatic ring is 1. The molecular formula is C11H16FN3O3. The molecule has 2 heterocycles. The number of hydrogen-bond donors (Lipinski definition) is 2. The molecule has 0 aliphatic carbocycles. The van der Waals surface area contributed by atoms with Gasteiger partial charge in [-0.3, -0.25) is 4.57 Å². The van der Waals surface area contributed by atoms with E-state index in [0.717, 1.165) is 0 Å². The molecular weight excluding hydrogens is 241 g/mol. The summed E-state index contributed by atoms with van der Waals surface area (Å²) in [5.74, 6) is 0.126. The zero-order valence-electron chi connectivity index (χ0n) is 10.0. The van der Waals surface area contributed by atoms with Gasteiger partial charge in [-0.2, -0.15) is 4.98 Å². The van der Waals surface area contributed by atoms with Crippen LogP contribution in [0.4, 0.5) is 10.2 Å². The van der Waals surface area contributed by atoms with E-state index in [1.807, 2.05) is 0 Å². The van der Waals surface area contributed by atoms with Crippen molar-refractivity contribution >= 4 is 5.82 Å². The lowest BCUT2D eigenvalue weighted by Gasteiger charge is -2.28. The van der Waals surface area contributed by atoms with Crippen molar-refractivity contribution < 1.29 is 14.2 Å². The van der Waals surface area contributed by atoms with E-state index in [1.54, 1.807) is 0 Å². The Labute approximate surface area is 103 Å². The van der Waals surface area contributed by atoms with E-state index in [-0.39, 0.29) is 5.82 Å². The van der Waals surface area contributed by atoms with Crippen LogP contribution < -0.4 is 11.4 Å². The Hall–Kier alpha value is -1.47. The summed E-state index contributed by atoms with van der Waals surface area (Å²) in [7, 11) is 0. The highest BCUT2D eigenvalue weighted by Gasteiger charge is 2.45. The molecule has 18 heavy (non-hydrogen) atoms. The number of aliphatic hydroxyl groups is 1. The standard InChI is InChI=1S/C11H16FN3O3/c1-7(12)11(6-16)4-2-9(18-11)15-5-3-8(13)14-10(15)17/h3,5,7,9,16H,2,4,6H2,1H3,(H2,13,14,17)/t7-,9-,11+/m1/s1. The lowest BCUT2D eigenvalue weighted by molar-refractivity contribution is -0.132. The summed E-state index contributed by atoms with van der Waals surface area (Å²) in [6.45, 7) is 0.918. The number of rotatable bonds is 3. The van der Waals surface area contributed by atoms with Gasteiger partial charge in [-0.15, -0.1) is 0 Å². The molecule has 0 unspecified atom stereocenters. The maximum absolute atomic E-state index is 13.5. The number of aliphatic hydroxyl groups excluding tert-OH is 1. The van der Waals surface area contributed by atoms with Crippen LogP contribution in [0.15, 0.2) is 17.1 Å². The molecule has 1 aliphatic heterocycles. The van der Waals surface area contributed by atoms with Crippen molar-refractivity contribution in [1.82, 2.24) is 9.55 Å². The van der Waals surface area contributed by atoms with Gasteiger partial charge in [0.2, 0.25) is 0 Å². The van der Waals surface area contributed by atoms with Crippen LogP contribution in [0.1, 0.15) is 26.0 Å². The van der Waals surface area contributed by atoms with E-state index < -0.39 is 30.3 Å². The molecule has 2 rings (SSSR count). The summed E-state index contributed by atoms with van der Waals surface area (Å²) in [6.07, 6.45) is 0.329. The first kappa shape index (κ1) is 13.0. The fourth-order valence-corrected chi connectivity index (χ4v) is 2.13. The molecule has 0 amide bonds. The number of anilines is 1. The van der Waals surface area contributed by atoms with Gasteiger partial charge in [-0.25, -0.2) is 9.18 Å². The van der Waals surface area contributed by atoms with E-state index in [2.05, 4.69) is 4.98 Å². The van der Waals surface area contributed by atoms with Gasteiger partial charge in [-0.05, 0) is 25.8 Å². The third kappa shape index (κ3) is 2.11. The second kappa shape index (κ2) is 4.66. The minimum Gasteiger partial charge on any atom is -0.393 e. The van der Waals surface area contributed by atoms with E-state index in [4.69, 9.17) is 10.5 Å². The normalized spacial score (nSPS) is 29.4. The molecule has 3 N–H and O–H groups in total. The van der Waals surface area contributed by atoms with Crippen LogP contribution in [0.3, 0.4) is 0 Å². The zero-order chi connectivity index (χ0) is 13.3. The van der Waals surface area contributed by atoms with Crippen LogP contribution in [0.5, 0.6) is 0 Å². The van der Waals surface area contributed by atoms with E-state index in [9.17, 15) is 14.3 Å². The monoisotopic (exact) mass is 257 g/mol. The second-order valence-electron chi connectivity index (χ2n) is 4.49. The number of ether oxygens (including phenoxy) is 1. The smallest absolute Gasteiger partial charge is 0.351 e. The average Bonchev–Trinajstić information content (AvgIpc) is 2.74. The average molecular weight is 257 g/mol. The van der Waals surface area contributed by atoms with Gasteiger partial charge in [0.15, 0.2) is 0 Å². The highest BCUT2D eigenvalue weighted by Crippen LogP contribution is 2.38. The Bertz CT molecular complexity index is 491. The molecule has 0 saturated carbocycles. The number of aromatic nitrogens is 2. The van der Waals surface area contributed by atoms with Gasteiger partial charge in [0.25, 0.3) is 0 Å². The van der Waals surface area contributed by atoms with E-state index in [1.165, 1.54) is 23.8 Å². The predicted octanol–water partition coefficient (Wildman–Crippen LogP) is 0.224. The molecule has 7 heteroatoms. The summed E-state index contributed by atoms with van der Waals surface area (Å²) in [5.41, 5.74) is 3.62. The summed E-state index contributed by atoms with van der Waals surface area (Å²) in [6, 6.07) is 1.47. The molecule has 100 valence electrons. The van der Waals surface area contributed by atoms with Crippen molar-refractivity contribution in [2.75, 3.05) is 12.3 Å². The lowest BCUT2D eigenvalue weighted by Crippen LogP contribution is -2.42. The van der Waals surface area contributed by atoms with Crippen LogP contribution >= 0.6 is 0 Å². The van der Waals surface area contributed by atoms with Crippen LogP contribution in [0.2, 0.25) is 0 Å². The van der Waals surface area contributed by atoms with Crippen molar-refractivity contribution in [2.24, 2.45) is 0 Å². The Balaban J connectivity index is 2.25. The van der Waals surface area contributed by atoms with Crippen LogP contribution in [-0.2, 0) is 4.74 Å². The van der Waals surface area contributed by atoms with Crippen molar-refractivity contribution in [2.45, 2.75) is 37.8 Å². The van der Waals surface area contributed by atoms with Crippen LogP contribution in [0.25, 0.3) is 0 Å². The molecule has 1 aromatic heterocycles. The van der Waals surface area contributed by atoms with Gasteiger partial charge in [0, 0.05) is 6.20 Å². The molecule has 0 radical (unpaired) electrons. The van der Waals surface area contributed by atoms with Crippen molar-refractivity contribution in [3.8, 4) is 0 Å². The first-order valence-electron chi connectivity index (χ1n) is 5.76. The van der Waals surface area contributed by atoms with E-state index in [0.29, 0.717) is 12.8 Å². The number of nitrogens with zero attached hydrogens (tertiary/aromatic N) is 2. The lowest BCUT2D eigenvalue weighted by atomic mass is 9.96. The van der Waals surface area contributed by atoms with Crippen molar-refractivity contribution in [3.05, 3.63) is 22.7 Å². The number of alkyl halides is 1. The molecule has 1 aliphatic rings. The SMILES string of the molecule is C[C@@H](F)[C@@]1(CO)CC[C@H](n2ccc(N)nc2=O)O1. The van der Waals surface area contributed by atoms with Crippen molar-refractivity contribution in [3.63, 3.8) is 0 Å². The van der Waals surface area contributed by atoms with Crippen LogP contribution in [0, 0.1) is 0 Å². The molecule has 0 aromatic carbocycles. The Morgan fingerprint density at radius 3 is 3.06 bits per heavy atom. The Morgan fingerprint density at radius 1 is 1.83 bits per heavy atom.